The maximum atomic E-state index is 3.59. The van der Waals surface area contributed by atoms with E-state index in [9.17, 15) is 0 Å². The molecule has 1 nitrogen and oxygen atoms in total. The molecular formula is C14H21N. The van der Waals surface area contributed by atoms with Crippen LogP contribution < -0.4 is 5.32 Å². The van der Waals surface area contributed by atoms with Gasteiger partial charge in [0.15, 0.2) is 0 Å². The van der Waals surface area contributed by atoms with E-state index in [4.69, 9.17) is 0 Å². The van der Waals surface area contributed by atoms with E-state index in [-0.39, 0.29) is 0 Å². The van der Waals surface area contributed by atoms with Crippen molar-refractivity contribution in [2.45, 2.75) is 45.1 Å². The molecule has 1 N–H and O–H groups in total. The van der Waals surface area contributed by atoms with Crippen LogP contribution >= 0.6 is 0 Å². The summed E-state index contributed by atoms with van der Waals surface area (Å²) in [6.07, 6.45) is 6.47. The Morgan fingerprint density at radius 1 is 1.33 bits per heavy atom. The van der Waals surface area contributed by atoms with Crippen LogP contribution in [0.1, 0.15) is 49.8 Å². The summed E-state index contributed by atoms with van der Waals surface area (Å²) >= 11 is 0. The van der Waals surface area contributed by atoms with E-state index in [2.05, 4.69) is 36.5 Å². The molecule has 1 atom stereocenters. The van der Waals surface area contributed by atoms with Gasteiger partial charge in [-0.25, -0.2) is 0 Å². The van der Waals surface area contributed by atoms with E-state index in [0.29, 0.717) is 6.04 Å². The van der Waals surface area contributed by atoms with Crippen molar-refractivity contribution in [1.29, 1.82) is 0 Å². The number of unbranched alkanes of at least 4 members (excludes halogenated alkanes) is 1. The summed E-state index contributed by atoms with van der Waals surface area (Å²) in [7, 11) is 0. The van der Waals surface area contributed by atoms with E-state index < -0.39 is 0 Å². The first-order chi connectivity index (χ1) is 7.42. The number of hydrogen-bond acceptors (Lipinski definition) is 1. The number of benzene rings is 1. The smallest absolute Gasteiger partial charge is 0.0323 e. The summed E-state index contributed by atoms with van der Waals surface area (Å²) in [5.41, 5.74) is 3.10. The van der Waals surface area contributed by atoms with Crippen molar-refractivity contribution < 1.29 is 0 Å². The third kappa shape index (κ3) is 2.60. The van der Waals surface area contributed by atoms with Crippen molar-refractivity contribution in [3.05, 3.63) is 35.4 Å². The fourth-order valence-corrected chi connectivity index (χ4v) is 2.42. The molecular weight excluding hydrogens is 182 g/mol. The number of rotatable bonds is 4. The van der Waals surface area contributed by atoms with Crippen LogP contribution in [0.3, 0.4) is 0 Å². The average Bonchev–Trinajstić information content (AvgIpc) is 2.80. The molecule has 0 aromatic heterocycles. The second-order valence-corrected chi connectivity index (χ2v) is 4.45. The van der Waals surface area contributed by atoms with Gasteiger partial charge in [0, 0.05) is 6.04 Å². The molecule has 0 bridgehead atoms. The molecule has 1 heteroatoms. The van der Waals surface area contributed by atoms with Gasteiger partial charge in [-0.15, -0.1) is 0 Å². The van der Waals surface area contributed by atoms with Crippen molar-refractivity contribution in [1.82, 2.24) is 5.32 Å². The van der Waals surface area contributed by atoms with Crippen LogP contribution in [-0.4, -0.2) is 6.54 Å². The molecule has 1 saturated heterocycles. The van der Waals surface area contributed by atoms with E-state index in [1.807, 2.05) is 0 Å². The third-order valence-corrected chi connectivity index (χ3v) is 3.29. The van der Waals surface area contributed by atoms with E-state index in [1.54, 1.807) is 11.1 Å². The van der Waals surface area contributed by atoms with E-state index in [1.165, 1.54) is 38.6 Å². The SMILES string of the molecule is CCCCc1ccccc1C1CCCN1. The second kappa shape index (κ2) is 5.32. The summed E-state index contributed by atoms with van der Waals surface area (Å²) in [6.45, 7) is 3.45. The lowest BCUT2D eigenvalue weighted by Crippen LogP contribution is -2.14. The van der Waals surface area contributed by atoms with E-state index in [0.717, 1.165) is 0 Å². The van der Waals surface area contributed by atoms with Crippen LogP contribution in [0, 0.1) is 0 Å². The van der Waals surface area contributed by atoms with Gasteiger partial charge in [0.1, 0.15) is 0 Å². The van der Waals surface area contributed by atoms with Crippen LogP contribution in [0.2, 0.25) is 0 Å². The van der Waals surface area contributed by atoms with Crippen LogP contribution in [0.25, 0.3) is 0 Å². The molecule has 0 saturated carbocycles. The highest BCUT2D eigenvalue weighted by Gasteiger charge is 2.18. The second-order valence-electron chi connectivity index (χ2n) is 4.45. The van der Waals surface area contributed by atoms with Crippen LogP contribution in [-0.2, 0) is 6.42 Å². The Morgan fingerprint density at radius 3 is 2.93 bits per heavy atom. The normalized spacial score (nSPS) is 20.7. The van der Waals surface area contributed by atoms with Gasteiger partial charge >= 0.3 is 0 Å². The maximum absolute atomic E-state index is 3.59. The first-order valence-electron chi connectivity index (χ1n) is 6.23. The van der Waals surface area contributed by atoms with Crippen molar-refractivity contribution in [3.63, 3.8) is 0 Å². The molecule has 82 valence electrons. The third-order valence-electron chi connectivity index (χ3n) is 3.29. The van der Waals surface area contributed by atoms with Gasteiger partial charge in [0.2, 0.25) is 0 Å². The topological polar surface area (TPSA) is 12.0 Å². The van der Waals surface area contributed by atoms with Gasteiger partial charge in [0.05, 0.1) is 0 Å². The number of aryl methyl sites for hydroxylation is 1. The summed E-state index contributed by atoms with van der Waals surface area (Å²) < 4.78 is 0. The van der Waals surface area contributed by atoms with Gasteiger partial charge in [0.25, 0.3) is 0 Å². The molecule has 1 aliphatic rings. The van der Waals surface area contributed by atoms with Crippen molar-refractivity contribution >= 4 is 0 Å². The summed E-state index contributed by atoms with van der Waals surface area (Å²) in [4.78, 5) is 0. The summed E-state index contributed by atoms with van der Waals surface area (Å²) in [6, 6.07) is 9.56. The van der Waals surface area contributed by atoms with Gasteiger partial charge in [-0.1, -0.05) is 37.6 Å². The van der Waals surface area contributed by atoms with Crippen LogP contribution in [0.4, 0.5) is 0 Å². The Bertz CT molecular complexity index is 300. The minimum atomic E-state index is 0.623. The van der Waals surface area contributed by atoms with Gasteiger partial charge in [-0.05, 0) is 43.4 Å². The monoisotopic (exact) mass is 203 g/mol. The zero-order chi connectivity index (χ0) is 10.5. The molecule has 0 aliphatic carbocycles. The molecule has 0 amide bonds. The van der Waals surface area contributed by atoms with Crippen LogP contribution in [0.5, 0.6) is 0 Å². The Hall–Kier alpha value is -0.820. The average molecular weight is 203 g/mol. The Morgan fingerprint density at radius 2 is 2.20 bits per heavy atom. The van der Waals surface area contributed by atoms with Crippen molar-refractivity contribution in [2.24, 2.45) is 0 Å². The summed E-state index contributed by atoms with van der Waals surface area (Å²) in [5, 5.41) is 3.59. The Kier molecular flexibility index (Phi) is 3.79. The fourth-order valence-electron chi connectivity index (χ4n) is 2.42. The zero-order valence-corrected chi connectivity index (χ0v) is 9.63. The van der Waals surface area contributed by atoms with E-state index >= 15 is 0 Å². The molecule has 1 heterocycles. The highest BCUT2D eigenvalue weighted by molar-refractivity contribution is 5.30. The molecule has 15 heavy (non-hydrogen) atoms. The fraction of sp³-hybridized carbons (Fsp3) is 0.571. The lowest BCUT2D eigenvalue weighted by atomic mass is 9.96. The molecule has 0 spiro atoms. The molecule has 0 radical (unpaired) electrons. The molecule has 1 aromatic rings. The molecule has 1 aromatic carbocycles. The van der Waals surface area contributed by atoms with Gasteiger partial charge in [-0.2, -0.15) is 0 Å². The molecule has 1 fully saturated rings. The first kappa shape index (κ1) is 10.7. The van der Waals surface area contributed by atoms with Gasteiger partial charge in [-0.3, -0.25) is 0 Å². The van der Waals surface area contributed by atoms with Crippen molar-refractivity contribution in [3.8, 4) is 0 Å². The minimum Gasteiger partial charge on any atom is -0.310 e. The summed E-state index contributed by atoms with van der Waals surface area (Å²) in [5.74, 6) is 0. The molecule has 2 rings (SSSR count). The largest absolute Gasteiger partial charge is 0.310 e. The van der Waals surface area contributed by atoms with Crippen LogP contribution in [0.15, 0.2) is 24.3 Å². The predicted molar refractivity (Wildman–Crippen MR) is 65.0 cm³/mol. The molecule has 1 aliphatic heterocycles. The quantitative estimate of drug-likeness (QED) is 0.790. The zero-order valence-electron chi connectivity index (χ0n) is 9.63. The first-order valence-corrected chi connectivity index (χ1v) is 6.23. The van der Waals surface area contributed by atoms with Gasteiger partial charge < -0.3 is 5.32 Å². The predicted octanol–water partition coefficient (Wildman–Crippen LogP) is 3.45. The lowest BCUT2D eigenvalue weighted by Gasteiger charge is -2.15. The molecule has 1 unspecified atom stereocenters. The number of hydrogen-bond donors (Lipinski definition) is 1. The number of nitrogens with one attached hydrogen (secondary N) is 1. The highest BCUT2D eigenvalue weighted by atomic mass is 14.9. The Labute approximate surface area is 92.9 Å². The Balaban J connectivity index is 2.13. The maximum Gasteiger partial charge on any atom is 0.0323 e. The van der Waals surface area contributed by atoms with Crippen molar-refractivity contribution in [2.75, 3.05) is 6.54 Å². The lowest BCUT2D eigenvalue weighted by molar-refractivity contribution is 0.635. The minimum absolute atomic E-state index is 0.623. The standard InChI is InChI=1S/C14H21N/c1-2-3-7-12-8-4-5-9-13(12)14-10-6-11-15-14/h4-5,8-9,14-15H,2-3,6-7,10-11H2,1H3. The highest BCUT2D eigenvalue weighted by Crippen LogP contribution is 2.26.